The molecule has 4 atom stereocenters. The van der Waals surface area contributed by atoms with Gasteiger partial charge >= 0.3 is 17.9 Å². The lowest BCUT2D eigenvalue weighted by Crippen LogP contribution is -2.72. The summed E-state index contributed by atoms with van der Waals surface area (Å²) < 4.78 is 27.0. The van der Waals surface area contributed by atoms with E-state index in [9.17, 15) is 14.4 Å². The summed E-state index contributed by atoms with van der Waals surface area (Å²) in [5.74, 6) is -0.335. The Morgan fingerprint density at radius 2 is 1.30 bits per heavy atom. The van der Waals surface area contributed by atoms with Crippen LogP contribution in [0.15, 0.2) is 37.1 Å². The number of methoxy groups -OCH3 is 3. The molecule has 254 valence electrons. The van der Waals surface area contributed by atoms with Gasteiger partial charge in [-0.25, -0.2) is 4.79 Å². The maximum absolute atomic E-state index is 12.4. The van der Waals surface area contributed by atoms with E-state index in [-0.39, 0.29) is 39.3 Å². The molecule has 0 unspecified atom stereocenters. The number of esters is 3. The van der Waals surface area contributed by atoms with E-state index in [1.807, 2.05) is 6.92 Å². The first-order valence-electron chi connectivity index (χ1n) is 15.3. The van der Waals surface area contributed by atoms with Crippen LogP contribution in [0, 0.1) is 17.3 Å². The first-order valence-corrected chi connectivity index (χ1v) is 21.1. The van der Waals surface area contributed by atoms with Crippen LogP contribution in [0.1, 0.15) is 81.1 Å². The SMILES string of the molecule is C=C(C)C(=C)O[Si](C)(C)C(C)(C)C.C=CC(=O)OC.COC(=O)[C@@H]1CC[C@@]2(O[Si](C)(C)C(C)(C)C)[C@@H](C(=O)OC)C[C@@]2(C)C1. The van der Waals surface area contributed by atoms with Crippen molar-refractivity contribution in [3.8, 4) is 0 Å². The van der Waals surface area contributed by atoms with Crippen molar-refractivity contribution in [3.63, 3.8) is 0 Å². The zero-order valence-corrected chi connectivity index (χ0v) is 32.4. The molecular weight excluding hydrogens is 593 g/mol. The predicted octanol–water partition coefficient (Wildman–Crippen LogP) is 8.36. The number of fused-ring (bicyclic) bond motifs is 1. The molecule has 2 aliphatic rings. The zero-order valence-electron chi connectivity index (χ0n) is 30.4. The number of carbonyl (C=O) groups is 3. The smallest absolute Gasteiger partial charge is 0.329 e. The van der Waals surface area contributed by atoms with Gasteiger partial charge in [0.05, 0.1) is 44.5 Å². The lowest BCUT2D eigenvalue weighted by molar-refractivity contribution is -0.236. The van der Waals surface area contributed by atoms with Gasteiger partial charge in [0.15, 0.2) is 8.32 Å². The fraction of sp³-hybridized carbons (Fsp3) is 0.735. The third kappa shape index (κ3) is 9.91. The summed E-state index contributed by atoms with van der Waals surface area (Å²) in [5.41, 5.74) is 0.205. The second-order valence-corrected chi connectivity index (χ2v) is 24.8. The Kier molecular flexibility index (Phi) is 14.6. The molecule has 0 amide bonds. The fourth-order valence-electron chi connectivity index (χ4n) is 5.11. The topological polar surface area (TPSA) is 97.4 Å². The lowest BCUT2D eigenvalue weighted by atomic mass is 9.44. The van der Waals surface area contributed by atoms with E-state index in [4.69, 9.17) is 18.3 Å². The molecule has 2 aliphatic carbocycles. The van der Waals surface area contributed by atoms with E-state index in [2.05, 4.69) is 99.1 Å². The molecule has 0 spiro atoms. The Morgan fingerprint density at radius 1 is 0.818 bits per heavy atom. The van der Waals surface area contributed by atoms with Crippen LogP contribution in [-0.2, 0) is 37.4 Å². The molecule has 0 radical (unpaired) electrons. The molecule has 0 N–H and O–H groups in total. The van der Waals surface area contributed by atoms with Crippen molar-refractivity contribution in [3.05, 3.63) is 37.1 Å². The van der Waals surface area contributed by atoms with E-state index in [1.54, 1.807) is 0 Å². The molecule has 0 saturated heterocycles. The largest absolute Gasteiger partial charge is 0.544 e. The Morgan fingerprint density at radius 3 is 1.61 bits per heavy atom. The van der Waals surface area contributed by atoms with E-state index >= 15 is 0 Å². The van der Waals surface area contributed by atoms with E-state index in [0.29, 0.717) is 25.7 Å². The van der Waals surface area contributed by atoms with Crippen LogP contribution in [0.5, 0.6) is 0 Å². The van der Waals surface area contributed by atoms with Gasteiger partial charge in [-0.05, 0) is 79.9 Å². The van der Waals surface area contributed by atoms with Crippen molar-refractivity contribution in [2.75, 3.05) is 21.3 Å². The van der Waals surface area contributed by atoms with Crippen molar-refractivity contribution in [2.24, 2.45) is 17.3 Å². The molecule has 8 nitrogen and oxygen atoms in total. The van der Waals surface area contributed by atoms with Crippen LogP contribution in [0.25, 0.3) is 0 Å². The van der Waals surface area contributed by atoms with Gasteiger partial charge in [0, 0.05) is 6.08 Å². The Hall–Kier alpha value is -2.18. The lowest BCUT2D eigenvalue weighted by Gasteiger charge is -2.67. The summed E-state index contributed by atoms with van der Waals surface area (Å²) in [6.07, 6.45) is 3.93. The van der Waals surface area contributed by atoms with Crippen molar-refractivity contribution in [1.82, 2.24) is 0 Å². The second kappa shape index (κ2) is 15.4. The quantitative estimate of drug-likeness (QED) is 0.0643. The van der Waals surface area contributed by atoms with Crippen LogP contribution < -0.4 is 0 Å². The molecule has 0 aliphatic heterocycles. The highest BCUT2D eigenvalue weighted by Gasteiger charge is 2.70. The molecule has 0 heterocycles. The monoisotopic (exact) mass is 654 g/mol. The number of hydrogen-bond acceptors (Lipinski definition) is 8. The average molecular weight is 655 g/mol. The number of allylic oxidation sites excluding steroid dienone is 1. The van der Waals surface area contributed by atoms with Gasteiger partial charge < -0.3 is 23.1 Å². The maximum Gasteiger partial charge on any atom is 0.329 e. The normalized spacial score (nSPS) is 24.7. The van der Waals surface area contributed by atoms with Crippen LogP contribution in [0.4, 0.5) is 0 Å². The molecule has 10 heteroatoms. The minimum atomic E-state index is -2.08. The molecule has 0 aromatic carbocycles. The second-order valence-electron chi connectivity index (χ2n) is 15.3. The zero-order chi connectivity index (χ0) is 35.1. The molecule has 44 heavy (non-hydrogen) atoms. The Balaban J connectivity index is 0.000000811. The van der Waals surface area contributed by atoms with Gasteiger partial charge in [-0.3, -0.25) is 9.59 Å². The number of ether oxygens (including phenoxy) is 3. The summed E-state index contributed by atoms with van der Waals surface area (Å²) in [6.45, 7) is 37.1. The first kappa shape index (κ1) is 41.8. The number of carbonyl (C=O) groups excluding carboxylic acids is 3. The number of hydrogen-bond donors (Lipinski definition) is 0. The molecule has 2 fully saturated rings. The highest BCUT2D eigenvalue weighted by atomic mass is 28.4. The van der Waals surface area contributed by atoms with Crippen LogP contribution in [0.3, 0.4) is 0 Å². The van der Waals surface area contributed by atoms with Crippen molar-refractivity contribution < 1.29 is 37.4 Å². The van der Waals surface area contributed by atoms with Crippen LogP contribution in [-0.4, -0.2) is 61.5 Å². The first-order chi connectivity index (χ1) is 19.7. The third-order valence-electron chi connectivity index (χ3n) is 10.1. The maximum atomic E-state index is 12.4. The van der Waals surface area contributed by atoms with Gasteiger partial charge in [0.2, 0.25) is 8.32 Å². The van der Waals surface area contributed by atoms with Crippen molar-refractivity contribution in [2.45, 2.75) is 123 Å². The van der Waals surface area contributed by atoms with Gasteiger partial charge in [-0.15, -0.1) is 0 Å². The van der Waals surface area contributed by atoms with Crippen LogP contribution in [0.2, 0.25) is 36.3 Å². The van der Waals surface area contributed by atoms with Crippen molar-refractivity contribution >= 4 is 34.5 Å². The summed E-state index contributed by atoms with van der Waals surface area (Å²) >= 11 is 0. The molecule has 0 aromatic rings. The van der Waals surface area contributed by atoms with Gasteiger partial charge in [0.25, 0.3) is 0 Å². The Labute approximate surface area is 270 Å². The average Bonchev–Trinajstić information content (AvgIpc) is 2.90. The van der Waals surface area contributed by atoms with Gasteiger partial charge in [0.1, 0.15) is 0 Å². The molecule has 2 rings (SSSR count). The summed E-state index contributed by atoms with van der Waals surface area (Å²) in [6, 6.07) is 0. The highest BCUT2D eigenvalue weighted by Crippen LogP contribution is 2.66. The predicted molar refractivity (Wildman–Crippen MR) is 183 cm³/mol. The standard InChI is InChI=1S/C19H34O5Si.C11H22OSi.C4H6O2/c1-17(2,3)25(7,8)24-19-10-9-13(15(20)22-5)11-18(19,4)12-14(19)16(21)23-6;1-9(2)10(3)12-13(7,8)11(4,5)6;1-3-4(5)6-2/h13-14H,9-12H2,1-8H3;1,3H2,2,4-8H3;3H,1H2,2H3/t13-,14-,18-,19-;;/m1../s1. The summed E-state index contributed by atoms with van der Waals surface area (Å²) in [5, 5.41) is 0.281. The van der Waals surface area contributed by atoms with E-state index in [1.165, 1.54) is 21.3 Å². The van der Waals surface area contributed by atoms with E-state index in [0.717, 1.165) is 17.4 Å². The summed E-state index contributed by atoms with van der Waals surface area (Å²) in [4.78, 5) is 34.3. The molecule has 0 aromatic heterocycles. The van der Waals surface area contributed by atoms with Crippen molar-refractivity contribution in [1.29, 1.82) is 0 Å². The van der Waals surface area contributed by atoms with Crippen LogP contribution >= 0.6 is 0 Å². The molecular formula is C34H62O8Si2. The third-order valence-corrected chi connectivity index (χ3v) is 18.9. The molecule has 2 saturated carbocycles. The number of rotatable bonds is 8. The van der Waals surface area contributed by atoms with Gasteiger partial charge in [-0.1, -0.05) is 68.2 Å². The minimum absolute atomic E-state index is 0.0537. The highest BCUT2D eigenvalue weighted by molar-refractivity contribution is 6.74. The summed E-state index contributed by atoms with van der Waals surface area (Å²) in [7, 11) is 0.418. The molecule has 0 bridgehead atoms. The minimum Gasteiger partial charge on any atom is -0.544 e. The van der Waals surface area contributed by atoms with Gasteiger partial charge in [-0.2, -0.15) is 0 Å². The fourth-order valence-corrected chi connectivity index (χ4v) is 7.92. The Bertz CT molecular complexity index is 1070. The van der Waals surface area contributed by atoms with E-state index < -0.39 is 28.2 Å².